The maximum atomic E-state index is 12.8. The first-order chi connectivity index (χ1) is 17.1. The van der Waals surface area contributed by atoms with Gasteiger partial charge in [-0.1, -0.05) is 6.07 Å². The van der Waals surface area contributed by atoms with Crippen LogP contribution in [-0.4, -0.2) is 77.1 Å². The Balaban J connectivity index is 1.07. The van der Waals surface area contributed by atoms with E-state index in [-0.39, 0.29) is 30.7 Å². The molecule has 2 aromatic heterocycles. The van der Waals surface area contributed by atoms with Crippen LogP contribution >= 0.6 is 11.3 Å². The maximum absolute atomic E-state index is 12.8. The molecule has 0 radical (unpaired) electrons. The number of piperidine rings is 1. The Labute approximate surface area is 207 Å². The Hall–Kier alpha value is -3.53. The van der Waals surface area contributed by atoms with Crippen LogP contribution in [-0.2, 0) is 16.1 Å². The van der Waals surface area contributed by atoms with Gasteiger partial charge in [0.05, 0.1) is 18.5 Å². The van der Waals surface area contributed by atoms with Crippen LogP contribution in [0.15, 0.2) is 54.0 Å². The van der Waals surface area contributed by atoms with Crippen LogP contribution in [0, 0.1) is 0 Å². The van der Waals surface area contributed by atoms with Crippen molar-refractivity contribution in [2.75, 3.05) is 33.4 Å². The third-order valence-corrected chi connectivity index (χ3v) is 7.26. The summed E-state index contributed by atoms with van der Waals surface area (Å²) in [5.41, 5.74) is 0.879. The number of benzene rings is 1. The molecular weight excluding hydrogens is 468 g/mol. The number of hydrogen-bond donors (Lipinski definition) is 0. The molecule has 2 amide bonds. The second-order valence-electron chi connectivity index (χ2n) is 8.63. The molecule has 0 aliphatic carbocycles. The molecule has 0 saturated carbocycles. The molecule has 184 valence electrons. The number of carbonyl (C=O) groups is 2. The fourth-order valence-electron chi connectivity index (χ4n) is 4.46. The standard InChI is InChI=1S/C25H28N4O5S/c1-32-19-4-6-20(7-5-19)33-17-21-15-29(25(31)34-21)18-8-11-27(12-9-18)24(30)16-28-13-10-22(26-28)23-3-2-14-35-23/h2-7,10,13-14,18,21H,8-9,11-12,15-17H2,1H3. The van der Waals surface area contributed by atoms with Gasteiger partial charge in [0.2, 0.25) is 5.91 Å². The summed E-state index contributed by atoms with van der Waals surface area (Å²) in [4.78, 5) is 30.0. The van der Waals surface area contributed by atoms with Gasteiger partial charge in [0.1, 0.15) is 30.3 Å². The van der Waals surface area contributed by atoms with Gasteiger partial charge in [-0.2, -0.15) is 5.10 Å². The van der Waals surface area contributed by atoms with E-state index in [2.05, 4.69) is 5.10 Å². The normalized spacial score (nSPS) is 18.5. The fourth-order valence-corrected chi connectivity index (χ4v) is 5.15. The average Bonchev–Trinajstić information content (AvgIpc) is 3.64. The van der Waals surface area contributed by atoms with Crippen molar-refractivity contribution < 1.29 is 23.8 Å². The van der Waals surface area contributed by atoms with E-state index < -0.39 is 0 Å². The van der Waals surface area contributed by atoms with E-state index in [1.807, 2.05) is 58.9 Å². The molecule has 2 fully saturated rings. The van der Waals surface area contributed by atoms with Crippen molar-refractivity contribution >= 4 is 23.3 Å². The van der Waals surface area contributed by atoms with Crippen molar-refractivity contribution in [3.8, 4) is 22.1 Å². The summed E-state index contributed by atoms with van der Waals surface area (Å²) < 4.78 is 18.1. The zero-order chi connectivity index (χ0) is 24.2. The molecule has 2 aliphatic rings. The molecule has 10 heteroatoms. The number of cyclic esters (lactones) is 1. The number of thiophene rings is 1. The average molecular weight is 497 g/mol. The Morgan fingerprint density at radius 3 is 2.63 bits per heavy atom. The topological polar surface area (TPSA) is 86.1 Å². The second kappa shape index (κ2) is 10.4. The molecule has 2 aliphatic heterocycles. The lowest BCUT2D eigenvalue weighted by molar-refractivity contribution is -0.133. The van der Waals surface area contributed by atoms with Crippen LogP contribution in [0.4, 0.5) is 4.79 Å². The van der Waals surface area contributed by atoms with Crippen molar-refractivity contribution in [2.24, 2.45) is 0 Å². The van der Waals surface area contributed by atoms with Gasteiger partial charge < -0.3 is 24.0 Å². The van der Waals surface area contributed by atoms with Crippen molar-refractivity contribution in [1.29, 1.82) is 0 Å². The molecule has 9 nitrogen and oxygen atoms in total. The number of ether oxygens (including phenoxy) is 3. The fraction of sp³-hybridized carbons (Fsp3) is 0.400. The lowest BCUT2D eigenvalue weighted by atomic mass is 10.0. The van der Waals surface area contributed by atoms with Crippen molar-refractivity contribution in [1.82, 2.24) is 19.6 Å². The lowest BCUT2D eigenvalue weighted by Gasteiger charge is -2.35. The number of methoxy groups -OCH3 is 1. The summed E-state index contributed by atoms with van der Waals surface area (Å²) in [6, 6.07) is 13.3. The molecule has 0 bridgehead atoms. The van der Waals surface area contributed by atoms with Crippen molar-refractivity contribution in [2.45, 2.75) is 31.5 Å². The number of rotatable bonds is 8. The van der Waals surface area contributed by atoms with Gasteiger partial charge in [0.25, 0.3) is 0 Å². The number of hydrogen-bond acceptors (Lipinski definition) is 7. The smallest absolute Gasteiger partial charge is 0.410 e. The summed E-state index contributed by atoms with van der Waals surface area (Å²) in [6.07, 6.45) is 2.67. The molecule has 0 spiro atoms. The van der Waals surface area contributed by atoms with Crippen LogP contribution in [0.3, 0.4) is 0 Å². The zero-order valence-electron chi connectivity index (χ0n) is 19.5. The maximum Gasteiger partial charge on any atom is 0.410 e. The molecular formula is C25H28N4O5S. The summed E-state index contributed by atoms with van der Waals surface area (Å²) in [5.74, 6) is 1.50. The van der Waals surface area contributed by atoms with Gasteiger partial charge in [0.15, 0.2) is 6.10 Å². The van der Waals surface area contributed by atoms with Crippen LogP contribution < -0.4 is 9.47 Å². The third kappa shape index (κ3) is 5.43. The van der Waals surface area contributed by atoms with E-state index in [1.165, 1.54) is 0 Å². The molecule has 35 heavy (non-hydrogen) atoms. The van der Waals surface area contributed by atoms with Gasteiger partial charge in [0, 0.05) is 25.3 Å². The Kier molecular flexibility index (Phi) is 6.89. The van der Waals surface area contributed by atoms with Gasteiger partial charge in [-0.05, 0) is 54.6 Å². The Morgan fingerprint density at radius 2 is 1.91 bits per heavy atom. The molecule has 2 saturated heterocycles. The number of carbonyl (C=O) groups excluding carboxylic acids is 2. The second-order valence-corrected chi connectivity index (χ2v) is 9.58. The van der Waals surface area contributed by atoms with Crippen molar-refractivity contribution in [3.63, 3.8) is 0 Å². The van der Waals surface area contributed by atoms with E-state index in [0.717, 1.165) is 29.2 Å². The zero-order valence-corrected chi connectivity index (χ0v) is 20.4. The van der Waals surface area contributed by atoms with E-state index in [9.17, 15) is 9.59 Å². The SMILES string of the molecule is COc1ccc(OCC2CN(C3CCN(C(=O)Cn4ccc(-c5cccs5)n4)CC3)C(=O)O2)cc1. The number of amides is 2. The number of nitrogens with zero attached hydrogens (tertiary/aromatic N) is 4. The first-order valence-corrected chi connectivity index (χ1v) is 12.6. The van der Waals surface area contributed by atoms with E-state index in [4.69, 9.17) is 14.2 Å². The highest BCUT2D eigenvalue weighted by molar-refractivity contribution is 7.13. The number of aromatic nitrogens is 2. The van der Waals surface area contributed by atoms with Crippen LogP contribution in [0.1, 0.15) is 12.8 Å². The lowest BCUT2D eigenvalue weighted by Crippen LogP contribution is -2.48. The highest BCUT2D eigenvalue weighted by Crippen LogP contribution is 2.25. The molecule has 4 heterocycles. The summed E-state index contributed by atoms with van der Waals surface area (Å²) >= 11 is 1.63. The van der Waals surface area contributed by atoms with Gasteiger partial charge in [-0.3, -0.25) is 9.48 Å². The largest absolute Gasteiger partial charge is 0.497 e. The van der Waals surface area contributed by atoms with Gasteiger partial charge >= 0.3 is 6.09 Å². The van der Waals surface area contributed by atoms with Crippen LogP contribution in [0.5, 0.6) is 11.5 Å². The molecule has 1 unspecified atom stereocenters. The van der Waals surface area contributed by atoms with E-state index in [0.29, 0.717) is 32.0 Å². The van der Waals surface area contributed by atoms with Crippen molar-refractivity contribution in [3.05, 3.63) is 54.0 Å². The predicted octanol–water partition coefficient (Wildman–Crippen LogP) is 3.51. The molecule has 3 aromatic rings. The minimum absolute atomic E-state index is 0.0408. The number of likely N-dealkylation sites (tertiary alicyclic amines) is 1. The highest BCUT2D eigenvalue weighted by Gasteiger charge is 2.38. The first kappa shape index (κ1) is 23.2. The van der Waals surface area contributed by atoms with Gasteiger partial charge in [-0.15, -0.1) is 11.3 Å². The van der Waals surface area contributed by atoms with Crippen LogP contribution in [0.2, 0.25) is 0 Å². The third-order valence-electron chi connectivity index (χ3n) is 6.37. The molecule has 1 aromatic carbocycles. The highest BCUT2D eigenvalue weighted by atomic mass is 32.1. The minimum Gasteiger partial charge on any atom is -0.497 e. The summed E-state index contributed by atoms with van der Waals surface area (Å²) in [5, 5.41) is 6.53. The molecule has 1 atom stereocenters. The van der Waals surface area contributed by atoms with Gasteiger partial charge in [-0.25, -0.2) is 4.79 Å². The van der Waals surface area contributed by atoms with Crippen LogP contribution in [0.25, 0.3) is 10.6 Å². The minimum atomic E-state index is -0.318. The molecule has 5 rings (SSSR count). The Bertz CT molecular complexity index is 1140. The van der Waals surface area contributed by atoms with E-state index in [1.54, 1.807) is 28.0 Å². The van der Waals surface area contributed by atoms with E-state index >= 15 is 0 Å². The Morgan fingerprint density at radius 1 is 1.14 bits per heavy atom. The first-order valence-electron chi connectivity index (χ1n) is 11.7. The quantitative estimate of drug-likeness (QED) is 0.475. The molecule has 0 N–H and O–H groups in total. The summed E-state index contributed by atoms with van der Waals surface area (Å²) in [7, 11) is 1.62. The monoisotopic (exact) mass is 496 g/mol. The summed E-state index contributed by atoms with van der Waals surface area (Å²) in [6.45, 7) is 2.22. The predicted molar refractivity (Wildman–Crippen MR) is 131 cm³/mol.